The van der Waals surface area contributed by atoms with Crippen molar-refractivity contribution < 1.29 is 13.2 Å². The molecule has 0 spiro atoms. The molecule has 0 aliphatic rings. The van der Waals surface area contributed by atoms with Gasteiger partial charge in [-0.3, -0.25) is 4.79 Å². The zero-order valence-corrected chi connectivity index (χ0v) is 16.0. The molecule has 0 saturated heterocycles. The van der Waals surface area contributed by atoms with Crippen molar-refractivity contribution in [2.24, 2.45) is 0 Å². The Balaban J connectivity index is 1.71. The topological polar surface area (TPSA) is 93.1 Å². The van der Waals surface area contributed by atoms with Crippen molar-refractivity contribution in [3.05, 3.63) is 77.1 Å². The fraction of sp³-hybridized carbons (Fsp3) is 0.111. The number of nitrogens with zero attached hydrogens (tertiary/aromatic N) is 2. The van der Waals surface area contributed by atoms with Crippen LogP contribution in [-0.4, -0.2) is 31.2 Å². The largest absolute Gasteiger partial charge is 0.348 e. The minimum Gasteiger partial charge on any atom is -0.348 e. The number of para-hydroxylation sites is 1. The molecule has 3 aromatic rings. The van der Waals surface area contributed by atoms with Crippen LogP contribution in [0.15, 0.2) is 65.8 Å². The number of hydrogen-bond acceptors (Lipinski definition) is 4. The molecule has 0 atom stereocenters. The van der Waals surface area contributed by atoms with E-state index in [4.69, 9.17) is 11.6 Å². The van der Waals surface area contributed by atoms with Gasteiger partial charge in [-0.15, -0.1) is 0 Å². The summed E-state index contributed by atoms with van der Waals surface area (Å²) in [5.74, 6) is -0.324. The molecule has 2 N–H and O–H groups in total. The van der Waals surface area contributed by atoms with Gasteiger partial charge in [0.2, 0.25) is 10.0 Å². The van der Waals surface area contributed by atoms with Gasteiger partial charge in [-0.05, 0) is 36.9 Å². The van der Waals surface area contributed by atoms with Crippen LogP contribution in [0.5, 0.6) is 0 Å². The smallest absolute Gasteiger partial charge is 0.254 e. The number of sulfonamides is 1. The summed E-state index contributed by atoms with van der Waals surface area (Å²) in [5.41, 5.74) is 1.70. The number of benzene rings is 2. The molecule has 1 aromatic heterocycles. The van der Waals surface area contributed by atoms with E-state index in [9.17, 15) is 13.2 Å². The Morgan fingerprint density at radius 1 is 1.19 bits per heavy atom. The Labute approximate surface area is 162 Å². The van der Waals surface area contributed by atoms with Gasteiger partial charge in [0.05, 0.1) is 27.4 Å². The second-order valence-corrected chi connectivity index (χ2v) is 7.96. The van der Waals surface area contributed by atoms with Gasteiger partial charge in [0.1, 0.15) is 0 Å². The molecule has 27 heavy (non-hydrogen) atoms. The predicted octanol–water partition coefficient (Wildman–Crippen LogP) is 2.36. The van der Waals surface area contributed by atoms with Crippen LogP contribution in [0.3, 0.4) is 0 Å². The molecule has 9 heteroatoms. The van der Waals surface area contributed by atoms with E-state index >= 15 is 0 Å². The summed E-state index contributed by atoms with van der Waals surface area (Å²) < 4.78 is 27.5. The normalized spacial score (nSPS) is 11.3. The van der Waals surface area contributed by atoms with Crippen molar-refractivity contribution in [3.63, 3.8) is 0 Å². The van der Waals surface area contributed by atoms with Crippen molar-refractivity contribution in [1.82, 2.24) is 19.8 Å². The highest BCUT2D eigenvalue weighted by molar-refractivity contribution is 7.89. The standard InChI is InChI=1S/C18H17ClN4O3S/c1-20-27(25,26)15-6-4-5-13(9-15)10-21-18(24)14-11-22-23(12-14)17-8-3-2-7-16(17)19/h2-9,11-12,20H,10H2,1H3,(H,21,24). The average molecular weight is 405 g/mol. The molecule has 0 aliphatic carbocycles. The molecule has 0 saturated carbocycles. The van der Waals surface area contributed by atoms with Gasteiger partial charge in [0.25, 0.3) is 5.91 Å². The maximum Gasteiger partial charge on any atom is 0.254 e. The van der Waals surface area contributed by atoms with Crippen LogP contribution in [0.2, 0.25) is 5.02 Å². The first kappa shape index (κ1) is 19.1. The highest BCUT2D eigenvalue weighted by Gasteiger charge is 2.13. The first-order valence-corrected chi connectivity index (χ1v) is 9.87. The van der Waals surface area contributed by atoms with E-state index in [-0.39, 0.29) is 17.3 Å². The van der Waals surface area contributed by atoms with Crippen LogP contribution in [0.4, 0.5) is 0 Å². The zero-order chi connectivity index (χ0) is 19.4. The minimum atomic E-state index is -3.53. The monoisotopic (exact) mass is 404 g/mol. The van der Waals surface area contributed by atoms with Gasteiger partial charge in [0, 0.05) is 12.7 Å². The van der Waals surface area contributed by atoms with Gasteiger partial charge < -0.3 is 5.32 Å². The van der Waals surface area contributed by atoms with Crippen molar-refractivity contribution in [3.8, 4) is 5.69 Å². The summed E-state index contributed by atoms with van der Waals surface area (Å²) in [6.45, 7) is 0.184. The van der Waals surface area contributed by atoms with E-state index in [1.54, 1.807) is 30.5 Å². The highest BCUT2D eigenvalue weighted by Crippen LogP contribution is 2.19. The third kappa shape index (κ3) is 4.36. The number of hydrogen-bond donors (Lipinski definition) is 2. The molecule has 140 valence electrons. The third-order valence-electron chi connectivity index (χ3n) is 3.87. The molecular formula is C18H17ClN4O3S. The van der Waals surface area contributed by atoms with E-state index < -0.39 is 10.0 Å². The number of nitrogens with one attached hydrogen (secondary N) is 2. The van der Waals surface area contributed by atoms with Crippen LogP contribution in [-0.2, 0) is 16.6 Å². The van der Waals surface area contributed by atoms with Crippen LogP contribution in [0, 0.1) is 0 Å². The fourth-order valence-corrected chi connectivity index (χ4v) is 3.46. The lowest BCUT2D eigenvalue weighted by Crippen LogP contribution is -2.23. The molecule has 0 fully saturated rings. The van der Waals surface area contributed by atoms with Crippen LogP contribution >= 0.6 is 11.6 Å². The number of aromatic nitrogens is 2. The average Bonchev–Trinajstić information content (AvgIpc) is 3.17. The number of halogens is 1. The maximum atomic E-state index is 12.4. The Hall–Kier alpha value is -2.68. The van der Waals surface area contributed by atoms with Gasteiger partial charge >= 0.3 is 0 Å². The van der Waals surface area contributed by atoms with E-state index in [2.05, 4.69) is 15.1 Å². The lowest BCUT2D eigenvalue weighted by Gasteiger charge is -2.07. The third-order valence-corrected chi connectivity index (χ3v) is 5.61. The van der Waals surface area contributed by atoms with E-state index in [1.807, 2.05) is 12.1 Å². The van der Waals surface area contributed by atoms with Crippen molar-refractivity contribution in [2.45, 2.75) is 11.4 Å². The van der Waals surface area contributed by atoms with Gasteiger partial charge in [0.15, 0.2) is 0 Å². The molecule has 0 bridgehead atoms. The number of rotatable bonds is 6. The van der Waals surface area contributed by atoms with Gasteiger partial charge in [-0.2, -0.15) is 5.10 Å². The molecule has 3 rings (SSSR count). The Morgan fingerprint density at radius 3 is 2.70 bits per heavy atom. The van der Waals surface area contributed by atoms with Crippen molar-refractivity contribution in [1.29, 1.82) is 0 Å². The van der Waals surface area contributed by atoms with Gasteiger partial charge in [-0.1, -0.05) is 35.9 Å². The number of amides is 1. The summed E-state index contributed by atoms with van der Waals surface area (Å²) >= 11 is 6.14. The number of carbonyl (C=O) groups is 1. The molecule has 0 radical (unpaired) electrons. The van der Waals surface area contributed by atoms with Crippen molar-refractivity contribution in [2.75, 3.05) is 7.05 Å². The molecule has 0 unspecified atom stereocenters. The van der Waals surface area contributed by atoms with E-state index in [1.165, 1.54) is 30.1 Å². The lowest BCUT2D eigenvalue weighted by atomic mass is 10.2. The Bertz CT molecular complexity index is 1080. The quantitative estimate of drug-likeness (QED) is 0.659. The summed E-state index contributed by atoms with van der Waals surface area (Å²) in [7, 11) is -2.18. The maximum absolute atomic E-state index is 12.4. The summed E-state index contributed by atoms with van der Waals surface area (Å²) in [5, 5.41) is 7.44. The fourth-order valence-electron chi connectivity index (χ4n) is 2.43. The first-order chi connectivity index (χ1) is 12.9. The van der Waals surface area contributed by atoms with Crippen LogP contribution < -0.4 is 10.0 Å². The van der Waals surface area contributed by atoms with Crippen molar-refractivity contribution >= 4 is 27.5 Å². The predicted molar refractivity (Wildman–Crippen MR) is 102 cm³/mol. The molecule has 1 amide bonds. The summed E-state index contributed by atoms with van der Waals surface area (Å²) in [4.78, 5) is 12.5. The van der Waals surface area contributed by atoms with E-state index in [0.29, 0.717) is 21.8 Å². The number of carbonyl (C=O) groups excluding carboxylic acids is 1. The van der Waals surface area contributed by atoms with Gasteiger partial charge in [-0.25, -0.2) is 17.8 Å². The Kier molecular flexibility index (Phi) is 5.59. The Morgan fingerprint density at radius 2 is 1.96 bits per heavy atom. The molecule has 0 aliphatic heterocycles. The second-order valence-electron chi connectivity index (χ2n) is 5.66. The van der Waals surface area contributed by atoms with E-state index in [0.717, 1.165) is 0 Å². The zero-order valence-electron chi connectivity index (χ0n) is 14.4. The van der Waals surface area contributed by atoms with Crippen LogP contribution in [0.1, 0.15) is 15.9 Å². The SMILES string of the molecule is CNS(=O)(=O)c1cccc(CNC(=O)c2cnn(-c3ccccc3Cl)c2)c1. The van der Waals surface area contributed by atoms with Crippen LogP contribution in [0.25, 0.3) is 5.69 Å². The lowest BCUT2D eigenvalue weighted by molar-refractivity contribution is 0.0951. The summed E-state index contributed by atoms with van der Waals surface area (Å²) in [6, 6.07) is 13.5. The molecule has 1 heterocycles. The first-order valence-electron chi connectivity index (χ1n) is 8.01. The molecular weight excluding hydrogens is 388 g/mol. The molecule has 7 nitrogen and oxygen atoms in total. The molecule has 2 aromatic carbocycles. The minimum absolute atomic E-state index is 0.142. The summed E-state index contributed by atoms with van der Waals surface area (Å²) in [6.07, 6.45) is 3.03. The second kappa shape index (κ2) is 7.91. The highest BCUT2D eigenvalue weighted by atomic mass is 35.5.